The zero-order valence-electron chi connectivity index (χ0n) is 10.4. The summed E-state index contributed by atoms with van der Waals surface area (Å²) in [5.74, 6) is 0.117. The lowest BCUT2D eigenvalue weighted by Crippen LogP contribution is -2.47. The third kappa shape index (κ3) is 1.97. The number of fused-ring (bicyclic) bond motifs is 1. The maximum atomic E-state index is 12.3. The fourth-order valence-electron chi connectivity index (χ4n) is 2.24. The molecule has 1 aliphatic heterocycles. The van der Waals surface area contributed by atoms with E-state index < -0.39 is 0 Å². The van der Waals surface area contributed by atoms with E-state index in [-0.39, 0.29) is 5.91 Å². The molecule has 5 heteroatoms. The second-order valence-electron chi connectivity index (χ2n) is 4.74. The van der Waals surface area contributed by atoms with Crippen molar-refractivity contribution < 1.29 is 4.79 Å². The lowest BCUT2D eigenvalue weighted by molar-refractivity contribution is 0.0664. The Morgan fingerprint density at radius 1 is 1.28 bits per heavy atom. The van der Waals surface area contributed by atoms with Crippen molar-refractivity contribution in [3.63, 3.8) is 0 Å². The van der Waals surface area contributed by atoms with Crippen molar-refractivity contribution in [2.45, 2.75) is 0 Å². The van der Waals surface area contributed by atoms with Crippen LogP contribution in [-0.4, -0.2) is 58.3 Å². The first kappa shape index (κ1) is 11.2. The van der Waals surface area contributed by atoms with Gasteiger partial charge in [0.2, 0.25) is 0 Å². The highest BCUT2D eigenvalue weighted by molar-refractivity contribution is 5.95. The Bertz CT molecular complexity index is 569. The van der Waals surface area contributed by atoms with E-state index in [0.29, 0.717) is 0 Å². The van der Waals surface area contributed by atoms with Gasteiger partial charge >= 0.3 is 0 Å². The minimum absolute atomic E-state index is 0.117. The minimum Gasteiger partial charge on any atom is -0.336 e. The molecule has 0 radical (unpaired) electrons. The van der Waals surface area contributed by atoms with Gasteiger partial charge in [-0.05, 0) is 19.2 Å². The van der Waals surface area contributed by atoms with E-state index in [4.69, 9.17) is 0 Å². The average molecular weight is 244 g/mol. The quantitative estimate of drug-likeness (QED) is 0.742. The number of piperazine rings is 1. The van der Waals surface area contributed by atoms with E-state index in [1.165, 1.54) is 0 Å². The highest BCUT2D eigenvalue weighted by atomic mass is 16.2. The Hall–Kier alpha value is -1.88. The van der Waals surface area contributed by atoms with Crippen molar-refractivity contribution >= 4 is 11.4 Å². The van der Waals surface area contributed by atoms with Crippen LogP contribution < -0.4 is 0 Å². The molecule has 0 bridgehead atoms. The van der Waals surface area contributed by atoms with Gasteiger partial charge in [0.25, 0.3) is 5.91 Å². The second kappa shape index (κ2) is 4.42. The third-order valence-electron chi connectivity index (χ3n) is 3.45. The van der Waals surface area contributed by atoms with Crippen LogP contribution in [-0.2, 0) is 0 Å². The molecule has 5 nitrogen and oxygen atoms in total. The van der Waals surface area contributed by atoms with Crippen molar-refractivity contribution in [2.24, 2.45) is 0 Å². The maximum Gasteiger partial charge on any atom is 0.254 e. The smallest absolute Gasteiger partial charge is 0.254 e. The fourth-order valence-corrected chi connectivity index (χ4v) is 2.24. The molecule has 3 heterocycles. The number of carbonyl (C=O) groups is 1. The Labute approximate surface area is 106 Å². The molecular weight excluding hydrogens is 228 g/mol. The van der Waals surface area contributed by atoms with Gasteiger partial charge in [-0.3, -0.25) is 4.79 Å². The second-order valence-corrected chi connectivity index (χ2v) is 4.74. The zero-order valence-corrected chi connectivity index (χ0v) is 10.4. The van der Waals surface area contributed by atoms with Gasteiger partial charge in [0.15, 0.2) is 0 Å². The monoisotopic (exact) mass is 244 g/mol. The van der Waals surface area contributed by atoms with Gasteiger partial charge in [0.05, 0.1) is 18.0 Å². The van der Waals surface area contributed by atoms with Gasteiger partial charge in [-0.25, -0.2) is 4.98 Å². The SMILES string of the molecule is CN1CCN(C(=O)c2ccn3cncc3c2)CC1. The summed E-state index contributed by atoms with van der Waals surface area (Å²) in [5, 5.41) is 0. The van der Waals surface area contributed by atoms with Crippen LogP contribution in [0.3, 0.4) is 0 Å². The Balaban J connectivity index is 1.82. The molecule has 18 heavy (non-hydrogen) atoms. The number of rotatable bonds is 1. The van der Waals surface area contributed by atoms with Crippen LogP contribution in [0.4, 0.5) is 0 Å². The van der Waals surface area contributed by atoms with Gasteiger partial charge in [-0.1, -0.05) is 0 Å². The first-order chi connectivity index (χ1) is 8.74. The normalized spacial score (nSPS) is 17.3. The molecule has 0 atom stereocenters. The molecular formula is C13H16N4O. The highest BCUT2D eigenvalue weighted by Crippen LogP contribution is 2.11. The summed E-state index contributed by atoms with van der Waals surface area (Å²) in [7, 11) is 2.08. The maximum absolute atomic E-state index is 12.3. The zero-order chi connectivity index (χ0) is 12.5. The largest absolute Gasteiger partial charge is 0.336 e. The van der Waals surface area contributed by atoms with Crippen molar-refractivity contribution in [3.8, 4) is 0 Å². The van der Waals surface area contributed by atoms with Crippen LogP contribution >= 0.6 is 0 Å². The Morgan fingerprint density at radius 2 is 2.06 bits per heavy atom. The molecule has 94 valence electrons. The molecule has 0 spiro atoms. The molecule has 1 aliphatic rings. The van der Waals surface area contributed by atoms with E-state index in [9.17, 15) is 4.79 Å². The molecule has 0 aliphatic carbocycles. The Kier molecular flexibility index (Phi) is 2.76. The standard InChI is InChI=1S/C13H16N4O/c1-15-4-6-16(7-5-15)13(18)11-2-3-17-10-14-9-12(17)8-11/h2-3,8-10H,4-7H2,1H3. The molecule has 0 aromatic carbocycles. The van der Waals surface area contributed by atoms with Gasteiger partial charge in [0.1, 0.15) is 0 Å². The van der Waals surface area contributed by atoms with Gasteiger partial charge in [-0.2, -0.15) is 0 Å². The van der Waals surface area contributed by atoms with Gasteiger partial charge < -0.3 is 14.2 Å². The summed E-state index contributed by atoms with van der Waals surface area (Å²) in [4.78, 5) is 20.6. The molecule has 0 N–H and O–H groups in total. The summed E-state index contributed by atoms with van der Waals surface area (Å²) in [6, 6.07) is 3.75. The van der Waals surface area contributed by atoms with Crippen molar-refractivity contribution in [1.29, 1.82) is 0 Å². The molecule has 1 amide bonds. The van der Waals surface area contributed by atoms with E-state index in [1.54, 1.807) is 12.5 Å². The van der Waals surface area contributed by atoms with Crippen LogP contribution in [0.25, 0.3) is 5.52 Å². The molecule has 0 unspecified atom stereocenters. The number of hydrogen-bond acceptors (Lipinski definition) is 3. The van der Waals surface area contributed by atoms with E-state index in [1.807, 2.05) is 27.6 Å². The van der Waals surface area contributed by atoms with Gasteiger partial charge in [0, 0.05) is 37.9 Å². The lowest BCUT2D eigenvalue weighted by atomic mass is 10.2. The number of nitrogens with zero attached hydrogens (tertiary/aromatic N) is 4. The number of aromatic nitrogens is 2. The molecule has 1 saturated heterocycles. The topological polar surface area (TPSA) is 40.9 Å². The number of amides is 1. The van der Waals surface area contributed by atoms with Crippen LogP contribution in [0.15, 0.2) is 30.9 Å². The number of hydrogen-bond donors (Lipinski definition) is 0. The van der Waals surface area contributed by atoms with E-state index in [2.05, 4.69) is 16.9 Å². The molecule has 3 rings (SSSR count). The summed E-state index contributed by atoms with van der Waals surface area (Å²) in [6.07, 6.45) is 5.38. The van der Waals surface area contributed by atoms with Crippen molar-refractivity contribution in [1.82, 2.24) is 19.2 Å². The number of imidazole rings is 1. The summed E-state index contributed by atoms with van der Waals surface area (Å²) < 4.78 is 1.90. The Morgan fingerprint density at radius 3 is 2.83 bits per heavy atom. The van der Waals surface area contributed by atoms with Crippen LogP contribution in [0, 0.1) is 0 Å². The number of carbonyl (C=O) groups excluding carboxylic acids is 1. The third-order valence-corrected chi connectivity index (χ3v) is 3.45. The van der Waals surface area contributed by atoms with Crippen molar-refractivity contribution in [3.05, 3.63) is 36.4 Å². The predicted octanol–water partition coefficient (Wildman–Crippen LogP) is 0.722. The first-order valence-electron chi connectivity index (χ1n) is 6.13. The fraction of sp³-hybridized carbons (Fsp3) is 0.385. The molecule has 2 aromatic rings. The predicted molar refractivity (Wildman–Crippen MR) is 68.6 cm³/mol. The summed E-state index contributed by atoms with van der Waals surface area (Å²) in [5.41, 5.74) is 1.70. The first-order valence-corrected chi connectivity index (χ1v) is 6.13. The van der Waals surface area contributed by atoms with Crippen LogP contribution in [0.2, 0.25) is 0 Å². The van der Waals surface area contributed by atoms with Crippen LogP contribution in [0.5, 0.6) is 0 Å². The summed E-state index contributed by atoms with van der Waals surface area (Å²) in [6.45, 7) is 3.50. The van der Waals surface area contributed by atoms with Gasteiger partial charge in [-0.15, -0.1) is 0 Å². The van der Waals surface area contributed by atoms with E-state index >= 15 is 0 Å². The molecule has 0 saturated carbocycles. The average Bonchev–Trinajstić information content (AvgIpc) is 2.86. The molecule has 1 fully saturated rings. The summed E-state index contributed by atoms with van der Waals surface area (Å²) >= 11 is 0. The van der Waals surface area contributed by atoms with Crippen molar-refractivity contribution in [2.75, 3.05) is 33.2 Å². The lowest BCUT2D eigenvalue weighted by Gasteiger charge is -2.32. The minimum atomic E-state index is 0.117. The van der Waals surface area contributed by atoms with Crippen LogP contribution in [0.1, 0.15) is 10.4 Å². The number of pyridine rings is 1. The highest BCUT2D eigenvalue weighted by Gasteiger charge is 2.20. The molecule has 2 aromatic heterocycles. The van der Waals surface area contributed by atoms with E-state index in [0.717, 1.165) is 37.3 Å². The number of likely N-dealkylation sites (N-methyl/N-ethyl adjacent to an activating group) is 1.